The van der Waals surface area contributed by atoms with Crippen molar-refractivity contribution in [2.45, 2.75) is 45.8 Å². The quantitative estimate of drug-likeness (QED) is 0.741. The third-order valence-electron chi connectivity index (χ3n) is 5.10. The van der Waals surface area contributed by atoms with Crippen LogP contribution in [0.4, 0.5) is 4.39 Å². The van der Waals surface area contributed by atoms with Gasteiger partial charge in [0.2, 0.25) is 5.91 Å². The summed E-state index contributed by atoms with van der Waals surface area (Å²) in [7, 11) is 0. The molecule has 0 aliphatic carbocycles. The zero-order chi connectivity index (χ0) is 19.2. The van der Waals surface area contributed by atoms with Gasteiger partial charge in [0.05, 0.1) is 0 Å². The molecular weight excluding hydrogens is 347 g/mol. The number of hydrogen-bond acceptors (Lipinski definition) is 5. The Morgan fingerprint density at radius 1 is 1.22 bits per heavy atom. The van der Waals surface area contributed by atoms with Crippen molar-refractivity contribution < 1.29 is 9.18 Å². The molecule has 1 amide bonds. The second kappa shape index (κ2) is 9.03. The zero-order valence-corrected chi connectivity index (χ0v) is 16.0. The number of carbonyl (C=O) groups excluding carboxylic acids is 1. The molecule has 1 aliphatic rings. The van der Waals surface area contributed by atoms with Gasteiger partial charge < -0.3 is 9.80 Å². The molecule has 27 heavy (non-hydrogen) atoms. The van der Waals surface area contributed by atoms with Crippen LogP contribution in [0.3, 0.4) is 0 Å². The van der Waals surface area contributed by atoms with Crippen LogP contribution < -0.4 is 0 Å². The highest BCUT2D eigenvalue weighted by atomic mass is 19.1. The average molecular weight is 374 g/mol. The van der Waals surface area contributed by atoms with E-state index in [1.807, 2.05) is 4.90 Å². The Morgan fingerprint density at radius 3 is 2.67 bits per heavy atom. The van der Waals surface area contributed by atoms with E-state index in [1.165, 1.54) is 12.1 Å². The Bertz CT molecular complexity index is 718. The van der Waals surface area contributed by atoms with Crippen LogP contribution in [0.5, 0.6) is 0 Å². The third-order valence-corrected chi connectivity index (χ3v) is 5.10. The fourth-order valence-electron chi connectivity index (χ4n) is 3.54. The molecule has 0 N–H and O–H groups in total. The summed E-state index contributed by atoms with van der Waals surface area (Å²) in [6.45, 7) is 8.11. The highest BCUT2D eigenvalue weighted by Gasteiger charge is 2.31. The number of amides is 1. The first-order valence-corrected chi connectivity index (χ1v) is 9.50. The Kier molecular flexibility index (Phi) is 6.49. The van der Waals surface area contributed by atoms with Gasteiger partial charge in [0.15, 0.2) is 0 Å². The van der Waals surface area contributed by atoms with Crippen molar-refractivity contribution in [1.82, 2.24) is 30.0 Å². The van der Waals surface area contributed by atoms with Crippen molar-refractivity contribution >= 4 is 5.91 Å². The van der Waals surface area contributed by atoms with Gasteiger partial charge >= 0.3 is 0 Å². The number of aromatic nitrogens is 4. The predicted octanol–water partition coefficient (Wildman–Crippen LogP) is 1.96. The maximum Gasteiger partial charge on any atom is 0.224 e. The van der Waals surface area contributed by atoms with Gasteiger partial charge in [-0.05, 0) is 47.0 Å². The number of benzene rings is 1. The minimum absolute atomic E-state index is 0.137. The van der Waals surface area contributed by atoms with Crippen molar-refractivity contribution in [3.05, 3.63) is 42.0 Å². The molecule has 1 saturated heterocycles. The van der Waals surface area contributed by atoms with Crippen LogP contribution in [0.2, 0.25) is 0 Å². The van der Waals surface area contributed by atoms with E-state index in [0.29, 0.717) is 18.9 Å². The lowest BCUT2D eigenvalue weighted by Gasteiger charge is -2.35. The summed E-state index contributed by atoms with van der Waals surface area (Å²) in [5.74, 6) is 0.255. The van der Waals surface area contributed by atoms with E-state index in [9.17, 15) is 9.18 Å². The normalized spacial score (nSPS) is 18.9. The zero-order valence-electron chi connectivity index (χ0n) is 16.0. The molecule has 1 aromatic carbocycles. The van der Waals surface area contributed by atoms with Crippen LogP contribution in [-0.4, -0.2) is 61.6 Å². The smallest absolute Gasteiger partial charge is 0.224 e. The Balaban J connectivity index is 1.63. The summed E-state index contributed by atoms with van der Waals surface area (Å²) in [6, 6.07) is 6.56. The molecule has 1 unspecified atom stereocenters. The summed E-state index contributed by atoms with van der Waals surface area (Å²) in [5, 5.41) is 11.2. The van der Waals surface area contributed by atoms with E-state index in [0.717, 1.165) is 38.2 Å². The molecule has 0 saturated carbocycles. The van der Waals surface area contributed by atoms with E-state index in [1.54, 1.807) is 23.1 Å². The van der Waals surface area contributed by atoms with Gasteiger partial charge in [-0.25, -0.2) is 9.07 Å². The second-order valence-corrected chi connectivity index (χ2v) is 7.44. The first-order chi connectivity index (χ1) is 13.0. The number of nitrogens with zero attached hydrogens (tertiary/aromatic N) is 6. The van der Waals surface area contributed by atoms with Crippen LogP contribution in [0.15, 0.2) is 30.6 Å². The maximum absolute atomic E-state index is 13.2. The lowest BCUT2D eigenvalue weighted by atomic mass is 10.0. The monoisotopic (exact) mass is 374 g/mol. The summed E-state index contributed by atoms with van der Waals surface area (Å²) in [4.78, 5) is 17.1. The van der Waals surface area contributed by atoms with Gasteiger partial charge in [-0.3, -0.25) is 4.79 Å². The second-order valence-electron chi connectivity index (χ2n) is 7.44. The van der Waals surface area contributed by atoms with E-state index in [-0.39, 0.29) is 17.8 Å². The van der Waals surface area contributed by atoms with E-state index >= 15 is 0 Å². The highest BCUT2D eigenvalue weighted by molar-refractivity contribution is 5.77. The first kappa shape index (κ1) is 19.4. The minimum Gasteiger partial charge on any atom is -0.334 e. The highest BCUT2D eigenvalue weighted by Crippen LogP contribution is 2.21. The SMILES string of the molecule is CC(C)C1CN(CCCn2cnnn2)CCC(=O)N1Cc1ccc(F)cc1. The summed E-state index contributed by atoms with van der Waals surface area (Å²) in [6.07, 6.45) is 3.06. The van der Waals surface area contributed by atoms with Crippen molar-refractivity contribution in [1.29, 1.82) is 0 Å². The van der Waals surface area contributed by atoms with Crippen molar-refractivity contribution in [3.8, 4) is 0 Å². The molecule has 8 heteroatoms. The van der Waals surface area contributed by atoms with E-state index in [4.69, 9.17) is 0 Å². The molecule has 0 spiro atoms. The van der Waals surface area contributed by atoms with Crippen LogP contribution in [0.25, 0.3) is 0 Å². The van der Waals surface area contributed by atoms with Gasteiger partial charge in [-0.2, -0.15) is 0 Å². The molecule has 1 aliphatic heterocycles. The van der Waals surface area contributed by atoms with Crippen molar-refractivity contribution in [2.24, 2.45) is 5.92 Å². The minimum atomic E-state index is -0.255. The number of rotatable bonds is 7. The van der Waals surface area contributed by atoms with E-state index < -0.39 is 0 Å². The Hall–Kier alpha value is -2.35. The molecule has 2 heterocycles. The largest absolute Gasteiger partial charge is 0.334 e. The fourth-order valence-corrected chi connectivity index (χ4v) is 3.54. The molecule has 1 aromatic heterocycles. The van der Waals surface area contributed by atoms with Crippen LogP contribution in [-0.2, 0) is 17.9 Å². The standard InChI is InChI=1S/C19H27FN6O/c1-15(2)18-13-24(9-3-10-25-14-21-22-23-25)11-8-19(27)26(18)12-16-4-6-17(20)7-5-16/h4-7,14-15,18H,3,8-13H2,1-2H3. The van der Waals surface area contributed by atoms with Gasteiger partial charge in [-0.1, -0.05) is 26.0 Å². The average Bonchev–Trinajstić information content (AvgIpc) is 3.11. The molecule has 0 bridgehead atoms. The molecule has 0 radical (unpaired) electrons. The number of aryl methyl sites for hydroxylation is 1. The molecule has 2 aromatic rings. The molecular formula is C19H27FN6O. The number of tetrazole rings is 1. The number of carbonyl (C=O) groups is 1. The van der Waals surface area contributed by atoms with Crippen LogP contribution in [0, 0.1) is 11.7 Å². The molecule has 1 fully saturated rings. The first-order valence-electron chi connectivity index (χ1n) is 9.50. The van der Waals surface area contributed by atoms with Gasteiger partial charge in [0.25, 0.3) is 0 Å². The van der Waals surface area contributed by atoms with Gasteiger partial charge in [0.1, 0.15) is 12.1 Å². The van der Waals surface area contributed by atoms with Crippen molar-refractivity contribution in [2.75, 3.05) is 19.6 Å². The van der Waals surface area contributed by atoms with Crippen LogP contribution in [0.1, 0.15) is 32.3 Å². The van der Waals surface area contributed by atoms with E-state index in [2.05, 4.69) is 34.3 Å². The lowest BCUT2D eigenvalue weighted by Crippen LogP contribution is -2.46. The molecule has 146 valence electrons. The fraction of sp³-hybridized carbons (Fsp3) is 0.579. The third kappa shape index (κ3) is 5.32. The molecule has 3 rings (SSSR count). The van der Waals surface area contributed by atoms with Crippen LogP contribution >= 0.6 is 0 Å². The number of hydrogen-bond donors (Lipinski definition) is 0. The Morgan fingerprint density at radius 2 is 2.00 bits per heavy atom. The Labute approximate surface area is 159 Å². The predicted molar refractivity (Wildman–Crippen MR) is 99.1 cm³/mol. The lowest BCUT2D eigenvalue weighted by molar-refractivity contribution is -0.134. The van der Waals surface area contributed by atoms with Gasteiger partial charge in [-0.15, -0.1) is 5.10 Å². The maximum atomic E-state index is 13.2. The topological polar surface area (TPSA) is 67.2 Å². The number of halogens is 1. The molecule has 7 nitrogen and oxygen atoms in total. The summed E-state index contributed by atoms with van der Waals surface area (Å²) >= 11 is 0. The summed E-state index contributed by atoms with van der Waals surface area (Å²) in [5.41, 5.74) is 0.961. The van der Waals surface area contributed by atoms with Crippen molar-refractivity contribution in [3.63, 3.8) is 0 Å². The molecule has 1 atom stereocenters. The van der Waals surface area contributed by atoms with Gasteiger partial charge in [0, 0.05) is 38.6 Å². The summed E-state index contributed by atoms with van der Waals surface area (Å²) < 4.78 is 14.9.